The molecular weight excluding hydrogens is 384 g/mol. The molecule has 1 aromatic carbocycles. The van der Waals surface area contributed by atoms with Gasteiger partial charge in [-0.1, -0.05) is 12.1 Å². The third kappa shape index (κ3) is 5.23. The zero-order valence-corrected chi connectivity index (χ0v) is 16.1. The van der Waals surface area contributed by atoms with Crippen molar-refractivity contribution in [1.29, 1.82) is 0 Å². The summed E-state index contributed by atoms with van der Waals surface area (Å²) in [6.07, 6.45) is 0. The number of hydrogen-bond acceptors (Lipinski definition) is 7. The lowest BCUT2D eigenvalue weighted by Crippen LogP contribution is -2.34. The number of nitrogens with zero attached hydrogens (tertiary/aromatic N) is 1. The lowest BCUT2D eigenvalue weighted by atomic mass is 10.2. The zero-order chi connectivity index (χ0) is 19.9. The summed E-state index contributed by atoms with van der Waals surface area (Å²) in [6, 6.07) is 8.88. The molecular formula is C19H20N2O6S. The standard InChI is InChI=1S/C19H20N2O6S/c1-21(11-13-4-5-14-15(9-13)26-7-6-25-14)17(22)12-27-18(23)10-20-19(24)16-3-2-8-28-16/h2-5,8-9H,6-7,10-12H2,1H3,(H,20,24). The average Bonchev–Trinajstić information content (AvgIpc) is 3.25. The van der Waals surface area contributed by atoms with Crippen molar-refractivity contribution in [2.24, 2.45) is 0 Å². The van der Waals surface area contributed by atoms with E-state index in [0.717, 1.165) is 5.56 Å². The van der Waals surface area contributed by atoms with Crippen molar-refractivity contribution in [2.75, 3.05) is 33.4 Å². The summed E-state index contributed by atoms with van der Waals surface area (Å²) >= 11 is 1.27. The number of nitrogens with one attached hydrogen (secondary N) is 1. The van der Waals surface area contributed by atoms with Crippen LogP contribution in [-0.2, 0) is 20.9 Å². The minimum atomic E-state index is -0.675. The highest BCUT2D eigenvalue weighted by molar-refractivity contribution is 7.12. The van der Waals surface area contributed by atoms with Gasteiger partial charge in [-0.05, 0) is 29.1 Å². The quantitative estimate of drug-likeness (QED) is 0.702. The van der Waals surface area contributed by atoms with E-state index in [2.05, 4.69) is 5.32 Å². The number of esters is 1. The van der Waals surface area contributed by atoms with Crippen molar-refractivity contribution in [1.82, 2.24) is 10.2 Å². The summed E-state index contributed by atoms with van der Waals surface area (Å²) in [5.74, 6) is -0.0483. The molecule has 1 aliphatic rings. The maximum Gasteiger partial charge on any atom is 0.325 e. The summed E-state index contributed by atoms with van der Waals surface area (Å²) in [7, 11) is 1.62. The van der Waals surface area contributed by atoms with Crippen molar-refractivity contribution in [3.63, 3.8) is 0 Å². The van der Waals surface area contributed by atoms with E-state index < -0.39 is 12.6 Å². The van der Waals surface area contributed by atoms with Gasteiger partial charge in [-0.15, -0.1) is 11.3 Å². The number of likely N-dealkylation sites (N-methyl/N-ethyl adjacent to an activating group) is 1. The number of benzene rings is 1. The van der Waals surface area contributed by atoms with Crippen LogP contribution in [0, 0.1) is 0 Å². The third-order valence-corrected chi connectivity index (χ3v) is 4.82. The Morgan fingerprint density at radius 1 is 1.18 bits per heavy atom. The predicted octanol–water partition coefficient (Wildman–Crippen LogP) is 1.45. The monoisotopic (exact) mass is 404 g/mol. The van der Waals surface area contributed by atoms with Gasteiger partial charge in [0, 0.05) is 13.6 Å². The van der Waals surface area contributed by atoms with E-state index in [-0.39, 0.29) is 18.4 Å². The molecule has 2 aromatic rings. The van der Waals surface area contributed by atoms with E-state index >= 15 is 0 Å². The Morgan fingerprint density at radius 2 is 1.96 bits per heavy atom. The highest BCUT2D eigenvalue weighted by Gasteiger charge is 2.16. The van der Waals surface area contributed by atoms with Crippen LogP contribution >= 0.6 is 11.3 Å². The largest absolute Gasteiger partial charge is 0.486 e. The number of rotatable bonds is 7. The van der Waals surface area contributed by atoms with Gasteiger partial charge in [-0.2, -0.15) is 0 Å². The molecule has 0 saturated heterocycles. The molecule has 0 fully saturated rings. The fraction of sp³-hybridized carbons (Fsp3) is 0.316. The van der Waals surface area contributed by atoms with Crippen LogP contribution in [0.1, 0.15) is 15.2 Å². The maximum absolute atomic E-state index is 12.2. The van der Waals surface area contributed by atoms with Crippen LogP contribution in [0.3, 0.4) is 0 Å². The van der Waals surface area contributed by atoms with Gasteiger partial charge in [0.15, 0.2) is 18.1 Å². The first-order valence-corrected chi connectivity index (χ1v) is 9.50. The molecule has 0 unspecified atom stereocenters. The highest BCUT2D eigenvalue weighted by atomic mass is 32.1. The van der Waals surface area contributed by atoms with Crippen molar-refractivity contribution in [3.05, 3.63) is 46.2 Å². The number of amides is 2. The van der Waals surface area contributed by atoms with Crippen LogP contribution < -0.4 is 14.8 Å². The van der Waals surface area contributed by atoms with Crippen LogP contribution in [0.5, 0.6) is 11.5 Å². The molecule has 2 amide bonds. The van der Waals surface area contributed by atoms with Gasteiger partial charge in [0.2, 0.25) is 0 Å². The normalized spacial score (nSPS) is 12.2. The molecule has 8 nitrogen and oxygen atoms in total. The van der Waals surface area contributed by atoms with Crippen LogP contribution in [0.25, 0.3) is 0 Å². The number of hydrogen-bond donors (Lipinski definition) is 1. The Morgan fingerprint density at radius 3 is 2.71 bits per heavy atom. The Balaban J connectivity index is 1.41. The summed E-state index contributed by atoms with van der Waals surface area (Å²) in [5.41, 5.74) is 0.870. The average molecular weight is 404 g/mol. The molecule has 28 heavy (non-hydrogen) atoms. The molecule has 9 heteroatoms. The lowest BCUT2D eigenvalue weighted by Gasteiger charge is -2.21. The molecule has 0 aliphatic carbocycles. The van der Waals surface area contributed by atoms with Crippen LogP contribution in [0.4, 0.5) is 0 Å². The molecule has 1 aliphatic heterocycles. The minimum Gasteiger partial charge on any atom is -0.486 e. The van der Waals surface area contributed by atoms with Crippen molar-refractivity contribution in [2.45, 2.75) is 6.54 Å². The van der Waals surface area contributed by atoms with E-state index in [0.29, 0.717) is 36.1 Å². The second-order valence-corrected chi connectivity index (χ2v) is 7.00. The summed E-state index contributed by atoms with van der Waals surface area (Å²) in [4.78, 5) is 37.6. The summed E-state index contributed by atoms with van der Waals surface area (Å²) < 4.78 is 15.9. The minimum absolute atomic E-state index is 0.296. The van der Waals surface area contributed by atoms with E-state index in [4.69, 9.17) is 14.2 Å². The predicted molar refractivity (Wildman–Crippen MR) is 102 cm³/mol. The first-order valence-electron chi connectivity index (χ1n) is 8.63. The smallest absolute Gasteiger partial charge is 0.325 e. The van der Waals surface area contributed by atoms with Crippen molar-refractivity contribution < 1.29 is 28.6 Å². The number of fused-ring (bicyclic) bond motifs is 1. The van der Waals surface area contributed by atoms with E-state index in [1.165, 1.54) is 16.2 Å². The Hall–Kier alpha value is -3.07. The molecule has 0 radical (unpaired) electrons. The molecule has 1 aromatic heterocycles. The van der Waals surface area contributed by atoms with Gasteiger partial charge >= 0.3 is 5.97 Å². The van der Waals surface area contributed by atoms with Gasteiger partial charge in [0.25, 0.3) is 11.8 Å². The van der Waals surface area contributed by atoms with Crippen LogP contribution in [-0.4, -0.2) is 56.1 Å². The SMILES string of the molecule is CN(Cc1ccc2c(c1)OCCO2)C(=O)COC(=O)CNC(=O)c1cccs1. The molecule has 3 rings (SSSR count). The van der Waals surface area contributed by atoms with Gasteiger partial charge < -0.3 is 24.4 Å². The molecule has 0 saturated carbocycles. The summed E-state index contributed by atoms with van der Waals surface area (Å²) in [5, 5.41) is 4.22. The molecule has 2 heterocycles. The number of thiophene rings is 1. The van der Waals surface area contributed by atoms with Crippen LogP contribution in [0.2, 0.25) is 0 Å². The zero-order valence-electron chi connectivity index (χ0n) is 15.3. The maximum atomic E-state index is 12.2. The van der Waals surface area contributed by atoms with Gasteiger partial charge in [-0.25, -0.2) is 0 Å². The number of ether oxygens (including phenoxy) is 3. The summed E-state index contributed by atoms with van der Waals surface area (Å²) in [6.45, 7) is 0.654. The first kappa shape index (κ1) is 19.7. The second kappa shape index (κ2) is 9.23. The molecule has 1 N–H and O–H groups in total. The lowest BCUT2D eigenvalue weighted by molar-refractivity contribution is -0.150. The third-order valence-electron chi connectivity index (χ3n) is 3.95. The first-order chi connectivity index (χ1) is 13.5. The second-order valence-electron chi connectivity index (χ2n) is 6.05. The number of carbonyl (C=O) groups excluding carboxylic acids is 3. The fourth-order valence-electron chi connectivity index (χ4n) is 2.50. The molecule has 0 atom stereocenters. The van der Waals surface area contributed by atoms with Gasteiger partial charge in [0.1, 0.15) is 19.8 Å². The molecule has 148 valence electrons. The van der Waals surface area contributed by atoms with E-state index in [1.807, 2.05) is 12.1 Å². The van der Waals surface area contributed by atoms with Gasteiger partial charge in [-0.3, -0.25) is 14.4 Å². The Kier molecular flexibility index (Phi) is 6.49. The van der Waals surface area contributed by atoms with E-state index in [9.17, 15) is 14.4 Å². The van der Waals surface area contributed by atoms with Crippen molar-refractivity contribution >= 4 is 29.1 Å². The van der Waals surface area contributed by atoms with E-state index in [1.54, 1.807) is 30.6 Å². The number of carbonyl (C=O) groups is 3. The fourth-order valence-corrected chi connectivity index (χ4v) is 3.14. The van der Waals surface area contributed by atoms with Gasteiger partial charge in [0.05, 0.1) is 4.88 Å². The van der Waals surface area contributed by atoms with Crippen LogP contribution in [0.15, 0.2) is 35.7 Å². The Labute approximate surface area is 166 Å². The molecule has 0 bridgehead atoms. The Bertz CT molecular complexity index is 852. The highest BCUT2D eigenvalue weighted by Crippen LogP contribution is 2.31. The van der Waals surface area contributed by atoms with Crippen molar-refractivity contribution in [3.8, 4) is 11.5 Å². The topological polar surface area (TPSA) is 94.2 Å². The molecule has 0 spiro atoms.